The molecule has 0 radical (unpaired) electrons. The van der Waals surface area contributed by atoms with E-state index in [4.69, 9.17) is 5.11 Å². The number of carbonyl (C=O) groups is 2. The second-order valence-electron chi connectivity index (χ2n) is 5.14. The summed E-state index contributed by atoms with van der Waals surface area (Å²) >= 11 is 0. The van der Waals surface area contributed by atoms with Crippen LogP contribution in [0.3, 0.4) is 0 Å². The molecular weight excluding hydrogens is 256 g/mol. The van der Waals surface area contributed by atoms with E-state index in [0.29, 0.717) is 26.1 Å². The van der Waals surface area contributed by atoms with Gasteiger partial charge in [-0.3, -0.25) is 9.69 Å². The van der Waals surface area contributed by atoms with Crippen molar-refractivity contribution in [1.82, 2.24) is 4.90 Å². The predicted molar refractivity (Wildman–Crippen MR) is 76.9 cm³/mol. The number of carbonyl (C=O) groups excluding carboxylic acids is 1. The van der Waals surface area contributed by atoms with E-state index >= 15 is 0 Å². The van der Waals surface area contributed by atoms with Crippen molar-refractivity contribution in [2.24, 2.45) is 5.92 Å². The molecule has 2 amide bonds. The Kier molecular flexibility index (Phi) is 4.27. The number of benzene rings is 1. The largest absolute Gasteiger partial charge is 0.481 e. The molecule has 0 bridgehead atoms. The molecular formula is C15H20N2O3. The molecule has 1 aliphatic rings. The number of anilines is 1. The number of hydrogen-bond acceptors (Lipinski definition) is 2. The average Bonchev–Trinajstić information content (AvgIpc) is 2.89. The van der Waals surface area contributed by atoms with Crippen LogP contribution in [0.25, 0.3) is 0 Å². The van der Waals surface area contributed by atoms with Crippen molar-refractivity contribution >= 4 is 17.7 Å². The van der Waals surface area contributed by atoms with Gasteiger partial charge in [-0.1, -0.05) is 12.1 Å². The standard InChI is InChI=1S/C15H20N2O3/c1-3-17(13-6-4-5-11(2)9-13)15(20)16-8-7-12(10-16)14(18)19/h4-6,9,12H,3,7-8,10H2,1-2H3,(H,18,19). The van der Waals surface area contributed by atoms with Crippen LogP contribution in [0, 0.1) is 12.8 Å². The molecule has 1 aliphatic heterocycles. The van der Waals surface area contributed by atoms with Gasteiger partial charge in [-0.15, -0.1) is 0 Å². The van der Waals surface area contributed by atoms with Crippen LogP contribution in [0.15, 0.2) is 24.3 Å². The summed E-state index contributed by atoms with van der Waals surface area (Å²) in [5.41, 5.74) is 1.95. The molecule has 1 N–H and O–H groups in total. The summed E-state index contributed by atoms with van der Waals surface area (Å²) < 4.78 is 0. The van der Waals surface area contributed by atoms with Gasteiger partial charge in [-0.2, -0.15) is 0 Å². The zero-order chi connectivity index (χ0) is 14.7. The zero-order valence-electron chi connectivity index (χ0n) is 11.9. The lowest BCUT2D eigenvalue weighted by Gasteiger charge is -2.27. The maximum absolute atomic E-state index is 12.5. The molecule has 0 saturated carbocycles. The molecule has 5 nitrogen and oxygen atoms in total. The quantitative estimate of drug-likeness (QED) is 0.921. The van der Waals surface area contributed by atoms with Crippen molar-refractivity contribution < 1.29 is 14.7 Å². The van der Waals surface area contributed by atoms with Gasteiger partial charge in [-0.25, -0.2) is 4.79 Å². The van der Waals surface area contributed by atoms with Crippen LogP contribution in [0.2, 0.25) is 0 Å². The highest BCUT2D eigenvalue weighted by atomic mass is 16.4. The van der Waals surface area contributed by atoms with Crippen LogP contribution in [0.1, 0.15) is 18.9 Å². The zero-order valence-corrected chi connectivity index (χ0v) is 11.9. The molecule has 2 rings (SSSR count). The van der Waals surface area contributed by atoms with Crippen molar-refractivity contribution in [3.63, 3.8) is 0 Å². The van der Waals surface area contributed by atoms with Crippen LogP contribution in [0.4, 0.5) is 10.5 Å². The second-order valence-corrected chi connectivity index (χ2v) is 5.14. The van der Waals surface area contributed by atoms with Gasteiger partial charge in [0.25, 0.3) is 0 Å². The summed E-state index contributed by atoms with van der Waals surface area (Å²) in [6.45, 7) is 5.29. The summed E-state index contributed by atoms with van der Waals surface area (Å²) in [6.07, 6.45) is 0.534. The highest BCUT2D eigenvalue weighted by Crippen LogP contribution is 2.22. The van der Waals surface area contributed by atoms with Gasteiger partial charge in [0.2, 0.25) is 0 Å². The Hall–Kier alpha value is -2.04. The summed E-state index contributed by atoms with van der Waals surface area (Å²) in [5.74, 6) is -1.26. The van der Waals surface area contributed by atoms with Crippen LogP contribution in [-0.4, -0.2) is 41.6 Å². The molecule has 1 aromatic carbocycles. The third-order valence-electron chi connectivity index (χ3n) is 3.67. The minimum absolute atomic E-state index is 0.109. The molecule has 0 spiro atoms. The maximum Gasteiger partial charge on any atom is 0.324 e. The summed E-state index contributed by atoms with van der Waals surface area (Å²) in [5, 5.41) is 9.01. The normalized spacial score (nSPS) is 18.1. The number of likely N-dealkylation sites (tertiary alicyclic amines) is 1. The Morgan fingerprint density at radius 1 is 1.45 bits per heavy atom. The van der Waals surface area contributed by atoms with Crippen LogP contribution < -0.4 is 4.90 Å². The lowest BCUT2D eigenvalue weighted by atomic mass is 10.1. The number of nitrogens with zero attached hydrogens (tertiary/aromatic N) is 2. The van der Waals surface area contributed by atoms with Crippen molar-refractivity contribution in [3.05, 3.63) is 29.8 Å². The molecule has 108 valence electrons. The molecule has 1 fully saturated rings. The molecule has 1 unspecified atom stereocenters. The second kappa shape index (κ2) is 5.94. The minimum atomic E-state index is -0.820. The van der Waals surface area contributed by atoms with E-state index in [-0.39, 0.29) is 6.03 Å². The fourth-order valence-electron chi connectivity index (χ4n) is 2.53. The third kappa shape index (κ3) is 2.92. The van der Waals surface area contributed by atoms with Gasteiger partial charge < -0.3 is 10.0 Å². The smallest absolute Gasteiger partial charge is 0.324 e. The van der Waals surface area contributed by atoms with Crippen molar-refractivity contribution in [2.45, 2.75) is 20.3 Å². The average molecular weight is 276 g/mol. The monoisotopic (exact) mass is 276 g/mol. The number of carboxylic acids is 1. The number of amides is 2. The summed E-state index contributed by atoms with van der Waals surface area (Å²) in [7, 11) is 0. The third-order valence-corrected chi connectivity index (χ3v) is 3.67. The van der Waals surface area contributed by atoms with Gasteiger partial charge in [0.05, 0.1) is 5.92 Å². The van der Waals surface area contributed by atoms with Gasteiger partial charge in [0.15, 0.2) is 0 Å². The SMILES string of the molecule is CCN(C(=O)N1CCC(C(=O)O)C1)c1cccc(C)c1. The Morgan fingerprint density at radius 2 is 2.20 bits per heavy atom. The first-order chi connectivity index (χ1) is 9.52. The lowest BCUT2D eigenvalue weighted by Crippen LogP contribution is -2.42. The highest BCUT2D eigenvalue weighted by molar-refractivity contribution is 5.92. The van der Waals surface area contributed by atoms with Gasteiger partial charge in [0, 0.05) is 25.3 Å². The topological polar surface area (TPSA) is 60.9 Å². The maximum atomic E-state index is 12.5. The van der Waals surface area contributed by atoms with E-state index in [1.54, 1.807) is 9.80 Å². The molecule has 5 heteroatoms. The molecule has 20 heavy (non-hydrogen) atoms. The number of hydrogen-bond donors (Lipinski definition) is 1. The fourth-order valence-corrected chi connectivity index (χ4v) is 2.53. The summed E-state index contributed by atoms with van der Waals surface area (Å²) in [4.78, 5) is 26.8. The van der Waals surface area contributed by atoms with E-state index < -0.39 is 11.9 Å². The molecule has 0 aliphatic carbocycles. The Bertz CT molecular complexity index is 516. The Morgan fingerprint density at radius 3 is 2.75 bits per heavy atom. The number of carboxylic acid groups (broad SMARTS) is 1. The first-order valence-corrected chi connectivity index (χ1v) is 6.89. The number of aryl methyl sites for hydroxylation is 1. The number of urea groups is 1. The van der Waals surface area contributed by atoms with E-state index in [1.807, 2.05) is 38.1 Å². The van der Waals surface area contributed by atoms with Gasteiger partial charge in [0.1, 0.15) is 0 Å². The first kappa shape index (κ1) is 14.4. The van der Waals surface area contributed by atoms with Crippen molar-refractivity contribution in [1.29, 1.82) is 0 Å². The van der Waals surface area contributed by atoms with Crippen molar-refractivity contribution in [3.8, 4) is 0 Å². The van der Waals surface area contributed by atoms with Crippen LogP contribution in [0.5, 0.6) is 0 Å². The Labute approximate surface area is 118 Å². The van der Waals surface area contributed by atoms with E-state index in [1.165, 1.54) is 0 Å². The molecule has 1 saturated heterocycles. The molecule has 1 atom stereocenters. The predicted octanol–water partition coefficient (Wildman–Crippen LogP) is 2.35. The van der Waals surface area contributed by atoms with Gasteiger partial charge in [-0.05, 0) is 38.0 Å². The minimum Gasteiger partial charge on any atom is -0.481 e. The first-order valence-electron chi connectivity index (χ1n) is 6.89. The molecule has 1 heterocycles. The summed E-state index contributed by atoms with van der Waals surface area (Å²) in [6, 6.07) is 7.66. The molecule has 0 aromatic heterocycles. The van der Waals surface area contributed by atoms with Crippen LogP contribution >= 0.6 is 0 Å². The van der Waals surface area contributed by atoms with Crippen molar-refractivity contribution in [2.75, 3.05) is 24.5 Å². The highest BCUT2D eigenvalue weighted by Gasteiger charge is 2.33. The number of rotatable bonds is 3. The van der Waals surface area contributed by atoms with Gasteiger partial charge >= 0.3 is 12.0 Å². The van der Waals surface area contributed by atoms with E-state index in [0.717, 1.165) is 11.3 Å². The number of aliphatic carboxylic acids is 1. The lowest BCUT2D eigenvalue weighted by molar-refractivity contribution is -0.141. The fraction of sp³-hybridized carbons (Fsp3) is 0.467. The van der Waals surface area contributed by atoms with E-state index in [9.17, 15) is 9.59 Å². The Balaban J connectivity index is 2.12. The molecule has 1 aromatic rings. The van der Waals surface area contributed by atoms with Crippen LogP contribution in [-0.2, 0) is 4.79 Å². The van der Waals surface area contributed by atoms with E-state index in [2.05, 4.69) is 0 Å².